The second-order valence-corrected chi connectivity index (χ2v) is 10.8. The van der Waals surface area contributed by atoms with Crippen LogP contribution in [0.5, 0.6) is 0 Å². The summed E-state index contributed by atoms with van der Waals surface area (Å²) in [7, 11) is 0. The second kappa shape index (κ2) is 12.1. The van der Waals surface area contributed by atoms with Crippen molar-refractivity contribution >= 4 is 39.2 Å². The maximum Gasteiger partial charge on any atom is 0.253 e. The molecule has 0 N–H and O–H groups in total. The van der Waals surface area contributed by atoms with Gasteiger partial charge in [0.05, 0.1) is 6.04 Å². The van der Waals surface area contributed by atoms with Gasteiger partial charge in [-0.3, -0.25) is 23.9 Å². The van der Waals surface area contributed by atoms with E-state index in [4.69, 9.17) is 11.6 Å². The van der Waals surface area contributed by atoms with Crippen LogP contribution < -0.4 is 5.56 Å². The van der Waals surface area contributed by atoms with Gasteiger partial charge in [0.15, 0.2) is 11.8 Å². The van der Waals surface area contributed by atoms with Crippen LogP contribution in [0.4, 0.5) is 0 Å². The van der Waals surface area contributed by atoms with E-state index in [1.165, 1.54) is 28.0 Å². The number of nitrogens with zero attached hydrogens (tertiary/aromatic N) is 3. The summed E-state index contributed by atoms with van der Waals surface area (Å²) in [4.78, 5) is 44.5. The molecule has 0 bridgehead atoms. The van der Waals surface area contributed by atoms with Gasteiger partial charge >= 0.3 is 0 Å². The standard InChI is InChI=1S/C31H27BrClN3O3/c32-25-13-16-27(37)36(21-25)29(30(38)24-11-14-26(33)15-12-24)31(39)35-19-17-34(18-20-35)28(22-7-3-1-4-8-22)23-9-5-2-6-10-23/h1-16,21,28-29H,17-20H2. The Kier molecular flexibility index (Phi) is 8.41. The topological polar surface area (TPSA) is 62.6 Å². The molecule has 0 spiro atoms. The summed E-state index contributed by atoms with van der Waals surface area (Å²) in [5.74, 6) is -0.850. The molecule has 3 aromatic carbocycles. The van der Waals surface area contributed by atoms with E-state index >= 15 is 0 Å². The van der Waals surface area contributed by atoms with Crippen molar-refractivity contribution in [2.45, 2.75) is 12.1 Å². The van der Waals surface area contributed by atoms with E-state index in [1.807, 2.05) is 36.4 Å². The second-order valence-electron chi connectivity index (χ2n) is 9.45. The smallest absolute Gasteiger partial charge is 0.253 e. The predicted molar refractivity (Wildman–Crippen MR) is 156 cm³/mol. The van der Waals surface area contributed by atoms with Crippen molar-refractivity contribution in [2.75, 3.05) is 26.2 Å². The number of hydrogen-bond donors (Lipinski definition) is 0. The lowest BCUT2D eigenvalue weighted by atomic mass is 9.96. The molecule has 1 aromatic heterocycles. The third kappa shape index (κ3) is 6.06. The summed E-state index contributed by atoms with van der Waals surface area (Å²) < 4.78 is 1.81. The maximum absolute atomic E-state index is 13.9. The number of hydrogen-bond acceptors (Lipinski definition) is 4. The first-order valence-electron chi connectivity index (χ1n) is 12.7. The number of piperazine rings is 1. The molecule has 4 aromatic rings. The highest BCUT2D eigenvalue weighted by atomic mass is 79.9. The Morgan fingerprint density at radius 1 is 0.744 bits per heavy atom. The van der Waals surface area contributed by atoms with Gasteiger partial charge in [0, 0.05) is 53.5 Å². The molecule has 8 heteroatoms. The summed E-state index contributed by atoms with van der Waals surface area (Å²) in [6.07, 6.45) is 1.50. The summed E-state index contributed by atoms with van der Waals surface area (Å²) in [6, 6.07) is 28.7. The molecule has 1 unspecified atom stereocenters. The Labute approximate surface area is 240 Å². The van der Waals surface area contributed by atoms with Crippen molar-refractivity contribution in [3.8, 4) is 0 Å². The molecular formula is C31H27BrClN3O3. The quantitative estimate of drug-likeness (QED) is 0.203. The Morgan fingerprint density at radius 2 is 1.31 bits per heavy atom. The van der Waals surface area contributed by atoms with E-state index < -0.39 is 23.3 Å². The molecule has 6 nitrogen and oxygen atoms in total. The van der Waals surface area contributed by atoms with Gasteiger partial charge in [0.25, 0.3) is 11.5 Å². The normalized spacial score (nSPS) is 14.8. The van der Waals surface area contributed by atoms with Gasteiger partial charge in [-0.25, -0.2) is 0 Å². The zero-order chi connectivity index (χ0) is 27.4. The van der Waals surface area contributed by atoms with Gasteiger partial charge in [0.2, 0.25) is 0 Å². The first-order chi connectivity index (χ1) is 18.9. The predicted octanol–water partition coefficient (Wildman–Crippen LogP) is 5.62. The van der Waals surface area contributed by atoms with Crippen molar-refractivity contribution in [3.05, 3.63) is 140 Å². The molecule has 0 aliphatic carbocycles. The van der Waals surface area contributed by atoms with Crippen LogP contribution in [0.3, 0.4) is 0 Å². The molecule has 39 heavy (non-hydrogen) atoms. The molecular weight excluding hydrogens is 578 g/mol. The third-order valence-electron chi connectivity index (χ3n) is 7.01. The number of pyridine rings is 1. The number of halogens is 2. The van der Waals surface area contributed by atoms with Gasteiger partial charge in [-0.15, -0.1) is 0 Å². The highest BCUT2D eigenvalue weighted by Gasteiger charge is 2.36. The first-order valence-corrected chi connectivity index (χ1v) is 13.9. The van der Waals surface area contributed by atoms with Crippen molar-refractivity contribution in [3.63, 3.8) is 0 Å². The fourth-order valence-electron chi connectivity index (χ4n) is 5.07. The molecule has 2 heterocycles. The van der Waals surface area contributed by atoms with Crippen LogP contribution in [0.15, 0.2) is 113 Å². The number of aromatic nitrogens is 1. The molecule has 1 fully saturated rings. The lowest BCUT2D eigenvalue weighted by molar-refractivity contribution is -0.135. The van der Waals surface area contributed by atoms with Gasteiger partial charge in [-0.2, -0.15) is 0 Å². The van der Waals surface area contributed by atoms with Crippen molar-refractivity contribution in [1.82, 2.24) is 14.4 Å². The number of carbonyl (C=O) groups is 2. The van der Waals surface area contributed by atoms with Gasteiger partial charge in [-0.05, 0) is 57.4 Å². The molecule has 1 aliphatic rings. The van der Waals surface area contributed by atoms with Gasteiger partial charge < -0.3 is 4.90 Å². The zero-order valence-corrected chi connectivity index (χ0v) is 23.5. The summed E-state index contributed by atoms with van der Waals surface area (Å²) >= 11 is 9.39. The monoisotopic (exact) mass is 603 g/mol. The fraction of sp³-hybridized carbons (Fsp3) is 0.194. The number of ketones is 1. The lowest BCUT2D eigenvalue weighted by Gasteiger charge is -2.40. The average Bonchev–Trinajstić information content (AvgIpc) is 2.97. The van der Waals surface area contributed by atoms with Crippen molar-refractivity contribution < 1.29 is 9.59 Å². The fourth-order valence-corrected chi connectivity index (χ4v) is 5.54. The van der Waals surface area contributed by atoms with Crippen LogP contribution in [0, 0.1) is 0 Å². The highest BCUT2D eigenvalue weighted by Crippen LogP contribution is 2.30. The average molecular weight is 605 g/mol. The molecule has 0 radical (unpaired) electrons. The SMILES string of the molecule is O=C(c1ccc(Cl)cc1)C(C(=O)N1CCN(C(c2ccccc2)c2ccccc2)CC1)n1cc(Br)ccc1=O. The van der Waals surface area contributed by atoms with E-state index in [9.17, 15) is 14.4 Å². The van der Waals surface area contributed by atoms with E-state index in [-0.39, 0.29) is 6.04 Å². The van der Waals surface area contributed by atoms with E-state index in [2.05, 4.69) is 45.1 Å². The Morgan fingerprint density at radius 3 is 1.87 bits per heavy atom. The van der Waals surface area contributed by atoms with Crippen LogP contribution in [0.25, 0.3) is 0 Å². The Bertz CT molecular complexity index is 1460. The van der Waals surface area contributed by atoms with Crippen LogP contribution in [-0.4, -0.2) is 52.2 Å². The highest BCUT2D eigenvalue weighted by molar-refractivity contribution is 9.10. The number of amides is 1. The first kappa shape index (κ1) is 27.1. The van der Waals surface area contributed by atoms with Crippen molar-refractivity contribution in [1.29, 1.82) is 0 Å². The van der Waals surface area contributed by atoms with Crippen molar-refractivity contribution in [2.24, 2.45) is 0 Å². The Balaban J connectivity index is 1.41. The molecule has 1 saturated heterocycles. The largest absolute Gasteiger partial charge is 0.338 e. The third-order valence-corrected chi connectivity index (χ3v) is 7.73. The van der Waals surface area contributed by atoms with E-state index in [1.54, 1.807) is 35.2 Å². The number of carbonyl (C=O) groups excluding carboxylic acids is 2. The Hall–Kier alpha value is -3.52. The number of rotatable bonds is 7. The zero-order valence-electron chi connectivity index (χ0n) is 21.1. The molecule has 5 rings (SSSR count). The minimum absolute atomic E-state index is 0.0452. The lowest BCUT2D eigenvalue weighted by Crippen LogP contribution is -2.53. The molecule has 198 valence electrons. The molecule has 1 aliphatic heterocycles. The van der Waals surface area contributed by atoms with Crippen LogP contribution >= 0.6 is 27.5 Å². The molecule has 0 saturated carbocycles. The minimum Gasteiger partial charge on any atom is -0.338 e. The van der Waals surface area contributed by atoms with Gasteiger partial charge in [0.1, 0.15) is 0 Å². The maximum atomic E-state index is 13.9. The van der Waals surface area contributed by atoms with Crippen LogP contribution in [0.1, 0.15) is 33.6 Å². The van der Waals surface area contributed by atoms with Crippen LogP contribution in [0.2, 0.25) is 5.02 Å². The molecule has 1 amide bonds. The van der Waals surface area contributed by atoms with E-state index in [0.717, 1.165) is 0 Å². The van der Waals surface area contributed by atoms with E-state index in [0.29, 0.717) is 41.2 Å². The summed E-state index contributed by atoms with van der Waals surface area (Å²) in [6.45, 7) is 2.11. The van der Waals surface area contributed by atoms with Gasteiger partial charge in [-0.1, -0.05) is 72.3 Å². The minimum atomic E-state index is -1.32. The molecule has 1 atom stereocenters. The number of Topliss-reactive ketones (excluding diaryl/α,β-unsaturated/α-hetero) is 1. The van der Waals surface area contributed by atoms with Crippen LogP contribution in [-0.2, 0) is 4.79 Å². The summed E-state index contributed by atoms with van der Waals surface area (Å²) in [5.41, 5.74) is 2.25. The number of benzene rings is 3. The summed E-state index contributed by atoms with van der Waals surface area (Å²) in [5, 5.41) is 0.483.